The molecule has 0 aliphatic rings. The van der Waals surface area contributed by atoms with Gasteiger partial charge in [0, 0.05) is 5.69 Å². The number of hydrogen-bond acceptors (Lipinski definition) is 5. The molecule has 0 bridgehead atoms. The summed E-state index contributed by atoms with van der Waals surface area (Å²) in [6.45, 7) is 9.92. The number of benzene rings is 2. The maximum atomic E-state index is 12.6. The summed E-state index contributed by atoms with van der Waals surface area (Å²) >= 11 is 1.34. The van der Waals surface area contributed by atoms with Crippen LogP contribution in [0.3, 0.4) is 0 Å². The van der Waals surface area contributed by atoms with E-state index < -0.39 is 0 Å². The summed E-state index contributed by atoms with van der Waals surface area (Å²) in [6, 6.07) is 12.0. The van der Waals surface area contributed by atoms with Crippen LogP contribution in [0.2, 0.25) is 0 Å². The molecule has 140 valence electrons. The van der Waals surface area contributed by atoms with Crippen molar-refractivity contribution in [1.82, 2.24) is 20.2 Å². The Balaban J connectivity index is 1.78. The van der Waals surface area contributed by atoms with Crippen LogP contribution in [0.5, 0.6) is 0 Å². The monoisotopic (exact) mass is 381 g/mol. The van der Waals surface area contributed by atoms with Crippen molar-refractivity contribution >= 4 is 23.4 Å². The second-order valence-electron chi connectivity index (χ2n) is 6.68. The third-order valence-electron chi connectivity index (χ3n) is 4.38. The largest absolute Gasteiger partial charge is 0.325 e. The number of aryl methyl sites for hydroxylation is 4. The molecule has 0 saturated carbocycles. The van der Waals surface area contributed by atoms with Gasteiger partial charge >= 0.3 is 0 Å². The van der Waals surface area contributed by atoms with Crippen molar-refractivity contribution in [3.63, 3.8) is 0 Å². The molecule has 2 aromatic carbocycles. The van der Waals surface area contributed by atoms with Crippen molar-refractivity contribution in [2.24, 2.45) is 0 Å². The molecule has 1 atom stereocenters. The average Bonchev–Trinajstić information content (AvgIpc) is 3.05. The molecule has 1 aromatic heterocycles. The zero-order chi connectivity index (χ0) is 19.6. The minimum absolute atomic E-state index is 0.0805. The van der Waals surface area contributed by atoms with Gasteiger partial charge in [0.25, 0.3) is 0 Å². The molecule has 0 fully saturated rings. The van der Waals surface area contributed by atoms with Gasteiger partial charge in [-0.25, -0.2) is 0 Å². The molecule has 6 nitrogen and oxygen atoms in total. The minimum atomic E-state index is -0.347. The van der Waals surface area contributed by atoms with Crippen LogP contribution in [-0.4, -0.2) is 31.4 Å². The van der Waals surface area contributed by atoms with Crippen LogP contribution in [0, 0.1) is 27.7 Å². The Hall–Kier alpha value is -2.67. The highest BCUT2D eigenvalue weighted by Crippen LogP contribution is 2.27. The van der Waals surface area contributed by atoms with Gasteiger partial charge in [-0.15, -0.1) is 5.10 Å². The number of rotatable bonds is 5. The van der Waals surface area contributed by atoms with Crippen LogP contribution >= 0.6 is 11.8 Å². The van der Waals surface area contributed by atoms with Crippen molar-refractivity contribution in [2.45, 2.75) is 45.0 Å². The Morgan fingerprint density at radius 3 is 2.44 bits per heavy atom. The lowest BCUT2D eigenvalue weighted by Crippen LogP contribution is -2.23. The molecule has 27 heavy (non-hydrogen) atoms. The number of nitrogens with zero attached hydrogens (tertiary/aromatic N) is 4. The number of tetrazole rings is 1. The van der Waals surface area contributed by atoms with E-state index >= 15 is 0 Å². The highest BCUT2D eigenvalue weighted by Gasteiger charge is 2.21. The number of anilines is 1. The van der Waals surface area contributed by atoms with E-state index in [-0.39, 0.29) is 11.2 Å². The molecule has 7 heteroatoms. The first kappa shape index (κ1) is 19.1. The molecule has 0 aliphatic carbocycles. The van der Waals surface area contributed by atoms with E-state index in [9.17, 15) is 4.79 Å². The summed E-state index contributed by atoms with van der Waals surface area (Å²) in [5.74, 6) is -0.0805. The summed E-state index contributed by atoms with van der Waals surface area (Å²) in [5, 5.41) is 15.3. The van der Waals surface area contributed by atoms with Crippen LogP contribution < -0.4 is 5.32 Å². The smallest absolute Gasteiger partial charge is 0.237 e. The zero-order valence-corrected chi connectivity index (χ0v) is 17.0. The Morgan fingerprint density at radius 1 is 1.07 bits per heavy atom. The minimum Gasteiger partial charge on any atom is -0.325 e. The number of aromatic nitrogens is 4. The molecule has 0 saturated heterocycles. The van der Waals surface area contributed by atoms with Crippen LogP contribution in [0.15, 0.2) is 41.6 Å². The number of nitrogens with one attached hydrogen (secondary N) is 1. The Morgan fingerprint density at radius 2 is 1.78 bits per heavy atom. The lowest BCUT2D eigenvalue weighted by molar-refractivity contribution is -0.115. The fourth-order valence-electron chi connectivity index (χ4n) is 2.93. The summed E-state index contributed by atoms with van der Waals surface area (Å²) in [7, 11) is 0. The van der Waals surface area contributed by atoms with Crippen LogP contribution in [0.25, 0.3) is 5.69 Å². The van der Waals surface area contributed by atoms with E-state index in [1.54, 1.807) is 4.68 Å². The standard InChI is InChI=1S/C20H23N5OS/c1-12-9-10-17(15(4)11-12)21-19(26)16(5)27-20-22-23-24-25(20)18-13(2)7-6-8-14(18)3/h6-11,16H,1-5H3,(H,21,26). The predicted octanol–water partition coefficient (Wildman–Crippen LogP) is 4.02. The fraction of sp³-hybridized carbons (Fsp3) is 0.300. The lowest BCUT2D eigenvalue weighted by atomic mass is 10.1. The first-order chi connectivity index (χ1) is 12.9. The molecule has 0 aliphatic heterocycles. The van der Waals surface area contributed by atoms with E-state index in [0.717, 1.165) is 28.1 Å². The van der Waals surface area contributed by atoms with Crippen molar-refractivity contribution in [3.8, 4) is 5.69 Å². The van der Waals surface area contributed by atoms with Gasteiger partial charge in [-0.2, -0.15) is 4.68 Å². The number of carbonyl (C=O) groups excluding carboxylic acids is 1. The van der Waals surface area contributed by atoms with Gasteiger partial charge in [0.15, 0.2) is 0 Å². The fourth-order valence-corrected chi connectivity index (χ4v) is 3.73. The Labute approximate surface area is 163 Å². The molecular weight excluding hydrogens is 358 g/mol. The molecular formula is C20H23N5OS. The maximum absolute atomic E-state index is 12.6. The van der Waals surface area contributed by atoms with Gasteiger partial charge in [0.05, 0.1) is 10.9 Å². The zero-order valence-electron chi connectivity index (χ0n) is 16.1. The normalized spacial score (nSPS) is 12.0. The van der Waals surface area contributed by atoms with Gasteiger partial charge < -0.3 is 5.32 Å². The van der Waals surface area contributed by atoms with E-state index in [1.807, 2.05) is 65.0 Å². The number of amides is 1. The molecule has 0 spiro atoms. The van der Waals surface area contributed by atoms with E-state index in [1.165, 1.54) is 17.3 Å². The first-order valence-electron chi connectivity index (χ1n) is 8.76. The number of thioether (sulfide) groups is 1. The highest BCUT2D eigenvalue weighted by atomic mass is 32.2. The molecule has 1 unspecified atom stereocenters. The summed E-state index contributed by atoms with van der Waals surface area (Å²) in [5.41, 5.74) is 6.15. The van der Waals surface area contributed by atoms with Gasteiger partial charge in [0.2, 0.25) is 11.1 Å². The Bertz CT molecular complexity index is 962. The Kier molecular flexibility index (Phi) is 5.60. The molecule has 3 aromatic rings. The van der Waals surface area contributed by atoms with E-state index in [2.05, 4.69) is 26.9 Å². The second-order valence-corrected chi connectivity index (χ2v) is 7.99. The van der Waals surface area contributed by atoms with E-state index in [4.69, 9.17) is 0 Å². The third kappa shape index (κ3) is 4.19. The number of carbonyl (C=O) groups is 1. The molecule has 3 rings (SSSR count). The predicted molar refractivity (Wildman–Crippen MR) is 108 cm³/mol. The van der Waals surface area contributed by atoms with E-state index in [0.29, 0.717) is 5.16 Å². The van der Waals surface area contributed by atoms with Gasteiger partial charge in [-0.3, -0.25) is 4.79 Å². The van der Waals surface area contributed by atoms with Gasteiger partial charge in [-0.05, 0) is 67.8 Å². The number of para-hydroxylation sites is 1. The summed E-state index contributed by atoms with van der Waals surface area (Å²) in [6.07, 6.45) is 0. The molecule has 1 N–H and O–H groups in total. The molecule has 0 radical (unpaired) electrons. The van der Waals surface area contributed by atoms with Crippen molar-refractivity contribution < 1.29 is 4.79 Å². The average molecular weight is 382 g/mol. The van der Waals surface area contributed by atoms with Crippen LogP contribution in [0.1, 0.15) is 29.2 Å². The van der Waals surface area contributed by atoms with Crippen molar-refractivity contribution in [3.05, 3.63) is 58.7 Å². The van der Waals surface area contributed by atoms with Gasteiger partial charge in [-0.1, -0.05) is 47.7 Å². The summed E-state index contributed by atoms with van der Waals surface area (Å²) in [4.78, 5) is 12.6. The molecule has 1 amide bonds. The van der Waals surface area contributed by atoms with Crippen LogP contribution in [0.4, 0.5) is 5.69 Å². The topological polar surface area (TPSA) is 72.7 Å². The SMILES string of the molecule is Cc1ccc(NC(=O)C(C)Sc2nnnn2-c2c(C)cccc2C)c(C)c1. The van der Waals surface area contributed by atoms with Crippen LogP contribution in [-0.2, 0) is 4.79 Å². The quantitative estimate of drug-likeness (QED) is 0.676. The van der Waals surface area contributed by atoms with Crippen molar-refractivity contribution in [1.29, 1.82) is 0 Å². The highest BCUT2D eigenvalue weighted by molar-refractivity contribution is 8.00. The maximum Gasteiger partial charge on any atom is 0.237 e. The summed E-state index contributed by atoms with van der Waals surface area (Å²) < 4.78 is 1.70. The number of hydrogen-bond donors (Lipinski definition) is 1. The molecule has 1 heterocycles. The van der Waals surface area contributed by atoms with Gasteiger partial charge in [0.1, 0.15) is 0 Å². The second kappa shape index (κ2) is 7.92. The van der Waals surface area contributed by atoms with Crippen molar-refractivity contribution in [2.75, 3.05) is 5.32 Å². The first-order valence-corrected chi connectivity index (χ1v) is 9.64. The third-order valence-corrected chi connectivity index (χ3v) is 5.42. The lowest BCUT2D eigenvalue weighted by Gasteiger charge is -2.15.